The maximum Gasteiger partial charge on any atom is 0.339 e. The number of aromatic carboxylic acids is 1. The summed E-state index contributed by atoms with van der Waals surface area (Å²) in [6.07, 6.45) is 4.67. The van der Waals surface area contributed by atoms with Gasteiger partial charge in [0.05, 0.1) is 0 Å². The van der Waals surface area contributed by atoms with E-state index in [1.807, 2.05) is 36.4 Å². The molecule has 1 saturated heterocycles. The predicted molar refractivity (Wildman–Crippen MR) is 131 cm³/mol. The smallest absolute Gasteiger partial charge is 0.339 e. The Labute approximate surface area is 198 Å². The van der Waals surface area contributed by atoms with Crippen LogP contribution in [0, 0.1) is 0 Å². The number of fused-ring (bicyclic) bond motifs is 2. The van der Waals surface area contributed by atoms with Crippen molar-refractivity contribution in [3.05, 3.63) is 72.4 Å². The van der Waals surface area contributed by atoms with Gasteiger partial charge in [-0.05, 0) is 24.3 Å². The van der Waals surface area contributed by atoms with Gasteiger partial charge in [-0.25, -0.2) is 9.78 Å². The van der Waals surface area contributed by atoms with Gasteiger partial charge in [-0.15, -0.1) is 0 Å². The average Bonchev–Trinajstić information content (AvgIpc) is 2.87. The van der Waals surface area contributed by atoms with Crippen molar-refractivity contribution in [2.75, 3.05) is 44.4 Å². The van der Waals surface area contributed by atoms with Crippen LogP contribution in [0.1, 0.15) is 16.8 Å². The van der Waals surface area contributed by atoms with E-state index in [0.717, 1.165) is 62.0 Å². The number of piperazine rings is 1. The van der Waals surface area contributed by atoms with Crippen LogP contribution in [0.25, 0.3) is 0 Å². The molecule has 0 spiro atoms. The molecule has 2 aliphatic heterocycles. The van der Waals surface area contributed by atoms with Gasteiger partial charge in [0.15, 0.2) is 17.7 Å². The van der Waals surface area contributed by atoms with Crippen LogP contribution in [0.4, 0.5) is 17.2 Å². The van der Waals surface area contributed by atoms with Crippen LogP contribution < -0.4 is 18.9 Å². The number of carboxylic acid groups (broad SMARTS) is 1. The van der Waals surface area contributed by atoms with Crippen molar-refractivity contribution in [1.82, 2.24) is 14.5 Å². The minimum Gasteiger partial charge on any atom is -0.478 e. The number of aromatic nitrogens is 1. The van der Waals surface area contributed by atoms with E-state index in [-0.39, 0.29) is 12.4 Å². The summed E-state index contributed by atoms with van der Waals surface area (Å²) in [6, 6.07) is 19.2. The minimum atomic E-state index is -0.943. The number of pyridine rings is 1. The van der Waals surface area contributed by atoms with E-state index in [0.29, 0.717) is 5.82 Å². The summed E-state index contributed by atoms with van der Waals surface area (Å²) in [5, 5.41) is 9.46. The Bertz CT molecular complexity index is 1160. The van der Waals surface area contributed by atoms with E-state index in [1.54, 1.807) is 18.3 Å². The molecule has 0 aliphatic carbocycles. The molecule has 1 fully saturated rings. The molecule has 2 aromatic carbocycles. The molecular formula is C26H27N4O4+. The summed E-state index contributed by atoms with van der Waals surface area (Å²) in [4.78, 5) is 20.3. The van der Waals surface area contributed by atoms with Crippen LogP contribution in [0.2, 0.25) is 0 Å². The molecule has 0 unspecified atom stereocenters. The van der Waals surface area contributed by atoms with Crippen molar-refractivity contribution < 1.29 is 19.4 Å². The fourth-order valence-electron chi connectivity index (χ4n) is 4.41. The molecule has 2 aliphatic rings. The maximum atomic E-state index is 11.5. The van der Waals surface area contributed by atoms with Crippen molar-refractivity contribution in [3.8, 4) is 11.5 Å². The Morgan fingerprint density at radius 3 is 2.24 bits per heavy atom. The SMILES string of the molecule is O=C(O)c1cccnc1N1CCN(CCC=[N+]2c3ccccc3OCOc3ccccc32)CC1. The lowest BCUT2D eigenvalue weighted by Gasteiger charge is -2.35. The normalized spacial score (nSPS) is 15.8. The van der Waals surface area contributed by atoms with E-state index < -0.39 is 5.97 Å². The average molecular weight is 460 g/mol. The van der Waals surface area contributed by atoms with Gasteiger partial charge >= 0.3 is 5.97 Å². The first-order chi connectivity index (χ1) is 16.7. The second kappa shape index (κ2) is 9.93. The van der Waals surface area contributed by atoms with E-state index in [1.165, 1.54) is 0 Å². The molecule has 174 valence electrons. The number of para-hydroxylation sites is 4. The van der Waals surface area contributed by atoms with Crippen LogP contribution in [0.5, 0.6) is 11.5 Å². The van der Waals surface area contributed by atoms with E-state index >= 15 is 0 Å². The molecule has 0 amide bonds. The standard InChI is InChI=1S/C26H26N4O4/c31-26(32)20-7-5-12-27-25(20)29-17-15-28(16-18-29)13-6-14-30-21-8-1-3-10-23(21)33-19-34-24-11-4-2-9-22(24)30/h1-5,7-12,14H,6,13,15-19H2/p+1. The Kier molecular flexibility index (Phi) is 6.40. The van der Waals surface area contributed by atoms with Crippen molar-refractivity contribution in [2.24, 2.45) is 0 Å². The number of hydrogen-bond acceptors (Lipinski definition) is 6. The molecule has 1 N–H and O–H groups in total. The van der Waals surface area contributed by atoms with Crippen molar-refractivity contribution in [3.63, 3.8) is 0 Å². The number of anilines is 1. The van der Waals surface area contributed by atoms with Gasteiger partial charge in [-0.3, -0.25) is 4.90 Å². The Balaban J connectivity index is 1.29. The molecule has 0 radical (unpaired) electrons. The van der Waals surface area contributed by atoms with Crippen molar-refractivity contribution >= 4 is 29.4 Å². The van der Waals surface area contributed by atoms with E-state index in [4.69, 9.17) is 9.47 Å². The second-order valence-electron chi connectivity index (χ2n) is 8.19. The number of ether oxygens (including phenoxy) is 2. The molecule has 5 rings (SSSR count). The number of hydrogen-bond donors (Lipinski definition) is 1. The predicted octanol–water partition coefficient (Wildman–Crippen LogP) is 3.63. The molecule has 8 nitrogen and oxygen atoms in total. The Morgan fingerprint density at radius 1 is 0.941 bits per heavy atom. The Hall–Kier alpha value is -3.91. The highest BCUT2D eigenvalue weighted by atomic mass is 16.7. The third-order valence-corrected chi connectivity index (χ3v) is 6.12. The van der Waals surface area contributed by atoms with Crippen LogP contribution in [-0.2, 0) is 0 Å². The first-order valence-corrected chi connectivity index (χ1v) is 11.4. The first kappa shape index (κ1) is 21.9. The lowest BCUT2D eigenvalue weighted by atomic mass is 10.2. The van der Waals surface area contributed by atoms with Gasteiger partial charge in [-0.1, -0.05) is 24.3 Å². The first-order valence-electron chi connectivity index (χ1n) is 11.4. The molecule has 0 atom stereocenters. The van der Waals surface area contributed by atoms with E-state index in [9.17, 15) is 9.90 Å². The van der Waals surface area contributed by atoms with E-state index in [2.05, 4.69) is 37.7 Å². The Morgan fingerprint density at radius 2 is 1.59 bits per heavy atom. The third-order valence-electron chi connectivity index (χ3n) is 6.12. The summed E-state index contributed by atoms with van der Waals surface area (Å²) in [5.74, 6) is 1.18. The van der Waals surface area contributed by atoms with Crippen LogP contribution in [-0.4, -0.2) is 66.7 Å². The summed E-state index contributed by atoms with van der Waals surface area (Å²) in [6.45, 7) is 4.25. The number of carbonyl (C=O) groups is 1. The number of rotatable bonds is 5. The zero-order valence-electron chi connectivity index (χ0n) is 18.8. The largest absolute Gasteiger partial charge is 0.478 e. The van der Waals surface area contributed by atoms with Gasteiger partial charge in [0.1, 0.15) is 11.4 Å². The number of nitrogens with zero attached hydrogens (tertiary/aromatic N) is 4. The van der Waals surface area contributed by atoms with Gasteiger partial charge in [0.25, 0.3) is 11.4 Å². The molecule has 34 heavy (non-hydrogen) atoms. The topological polar surface area (TPSA) is 78.1 Å². The number of benzene rings is 2. The molecule has 0 saturated carbocycles. The van der Waals surface area contributed by atoms with Gasteiger partial charge < -0.3 is 19.5 Å². The lowest BCUT2D eigenvalue weighted by Crippen LogP contribution is -2.47. The zero-order chi connectivity index (χ0) is 23.3. The third kappa shape index (κ3) is 4.58. The molecule has 1 aromatic heterocycles. The highest BCUT2D eigenvalue weighted by Crippen LogP contribution is 2.36. The highest BCUT2D eigenvalue weighted by molar-refractivity contribution is 5.93. The summed E-state index contributed by atoms with van der Waals surface area (Å²) in [7, 11) is 0. The molecule has 0 bridgehead atoms. The monoisotopic (exact) mass is 459 g/mol. The number of carboxylic acids is 1. The lowest BCUT2D eigenvalue weighted by molar-refractivity contribution is 0.0697. The summed E-state index contributed by atoms with van der Waals surface area (Å²) < 4.78 is 13.8. The molecule has 8 heteroatoms. The maximum absolute atomic E-state index is 11.5. The second-order valence-corrected chi connectivity index (χ2v) is 8.19. The quantitative estimate of drug-likeness (QED) is 0.584. The van der Waals surface area contributed by atoms with Gasteiger partial charge in [0.2, 0.25) is 6.79 Å². The minimum absolute atomic E-state index is 0.173. The zero-order valence-corrected chi connectivity index (χ0v) is 18.8. The molecule has 3 aromatic rings. The molecule has 3 heterocycles. The van der Waals surface area contributed by atoms with Gasteiger partial charge in [-0.2, -0.15) is 4.58 Å². The fraction of sp³-hybridized carbons (Fsp3) is 0.269. The summed E-state index contributed by atoms with van der Waals surface area (Å²) >= 11 is 0. The summed E-state index contributed by atoms with van der Waals surface area (Å²) in [5.41, 5.74) is 2.22. The van der Waals surface area contributed by atoms with Gasteiger partial charge in [0, 0.05) is 57.5 Å². The van der Waals surface area contributed by atoms with Crippen LogP contribution in [0.3, 0.4) is 0 Å². The van der Waals surface area contributed by atoms with Crippen LogP contribution >= 0.6 is 0 Å². The highest BCUT2D eigenvalue weighted by Gasteiger charge is 2.26. The van der Waals surface area contributed by atoms with Crippen molar-refractivity contribution in [1.29, 1.82) is 0 Å². The fourth-order valence-corrected chi connectivity index (χ4v) is 4.41. The van der Waals surface area contributed by atoms with Crippen LogP contribution in [0.15, 0.2) is 66.9 Å². The van der Waals surface area contributed by atoms with Crippen molar-refractivity contribution in [2.45, 2.75) is 6.42 Å². The molecular weight excluding hydrogens is 432 g/mol.